The van der Waals surface area contributed by atoms with E-state index in [4.69, 9.17) is 0 Å². The topological polar surface area (TPSA) is 44.8 Å². The van der Waals surface area contributed by atoms with Crippen LogP contribution < -0.4 is 0 Å². The molecule has 1 atom stereocenters. The third-order valence-electron chi connectivity index (χ3n) is 2.16. The maximum absolute atomic E-state index is 13.0. The van der Waals surface area contributed by atoms with Gasteiger partial charge in [-0.15, -0.1) is 0 Å². The highest BCUT2D eigenvalue weighted by atomic mass is 19.4. The quantitative estimate of drug-likeness (QED) is 0.559. The van der Waals surface area contributed by atoms with Gasteiger partial charge in [-0.25, -0.2) is 13.6 Å². The van der Waals surface area contributed by atoms with Crippen LogP contribution in [-0.4, -0.2) is 50.1 Å². The molecule has 1 saturated heterocycles. The molecule has 0 radical (unpaired) electrons. The summed E-state index contributed by atoms with van der Waals surface area (Å²) in [6, 6.07) is 0. The second kappa shape index (κ2) is 5.62. The predicted molar refractivity (Wildman–Crippen MR) is 47.6 cm³/mol. The Morgan fingerprint density at radius 2 is 1.75 bits per heavy atom. The van der Waals surface area contributed by atoms with E-state index in [1.54, 1.807) is 0 Å². The minimum atomic E-state index is -6.06. The Bertz CT molecular complexity index is 355. The molecule has 0 spiro atoms. The van der Waals surface area contributed by atoms with Gasteiger partial charge in [0.25, 0.3) is 5.92 Å². The van der Waals surface area contributed by atoms with Crippen LogP contribution in [-0.2, 0) is 14.2 Å². The van der Waals surface area contributed by atoms with E-state index in [0.717, 1.165) is 0 Å². The van der Waals surface area contributed by atoms with Crippen molar-refractivity contribution >= 4 is 6.16 Å². The molecule has 1 rings (SSSR count). The van der Waals surface area contributed by atoms with E-state index in [2.05, 4.69) is 14.2 Å². The predicted octanol–water partition coefficient (Wildman–Crippen LogP) is 2.76. The number of hydrogen-bond donors (Lipinski definition) is 0. The number of alkyl halides is 7. The lowest BCUT2D eigenvalue weighted by molar-refractivity contribution is -0.303. The summed E-state index contributed by atoms with van der Waals surface area (Å²) < 4.78 is 99.1. The summed E-state index contributed by atoms with van der Waals surface area (Å²) in [6.07, 6.45) is -10.8. The maximum atomic E-state index is 13.0. The average molecular weight is 314 g/mol. The normalized spacial score (nSPS) is 20.8. The highest BCUT2D eigenvalue weighted by Crippen LogP contribution is 2.42. The van der Waals surface area contributed by atoms with Crippen molar-refractivity contribution in [2.75, 3.05) is 19.8 Å². The zero-order chi connectivity index (χ0) is 15.6. The summed E-state index contributed by atoms with van der Waals surface area (Å²) in [5.41, 5.74) is 0. The summed E-state index contributed by atoms with van der Waals surface area (Å²) in [7, 11) is 0. The smallest absolute Gasteiger partial charge is 0.430 e. The second-order valence-electron chi connectivity index (χ2n) is 4.05. The van der Waals surface area contributed by atoms with Gasteiger partial charge >= 0.3 is 18.3 Å². The number of carbonyl (C=O) groups excluding carboxylic acids is 1. The first-order chi connectivity index (χ1) is 8.93. The SMILES string of the molecule is O=C1OCC(COCC(F)(F)CC(F)(F)C(F)(F)F)O1. The van der Waals surface area contributed by atoms with Crippen molar-refractivity contribution in [1.29, 1.82) is 0 Å². The van der Waals surface area contributed by atoms with Crippen LogP contribution in [0.4, 0.5) is 35.5 Å². The Morgan fingerprint density at radius 1 is 1.15 bits per heavy atom. The van der Waals surface area contributed by atoms with Crippen LogP contribution in [0.15, 0.2) is 0 Å². The Kier molecular flexibility index (Phi) is 4.72. The molecule has 4 nitrogen and oxygen atoms in total. The van der Waals surface area contributed by atoms with Gasteiger partial charge in [-0.3, -0.25) is 0 Å². The molecule has 1 fully saturated rings. The van der Waals surface area contributed by atoms with Crippen LogP contribution in [0.3, 0.4) is 0 Å². The number of hydrogen-bond acceptors (Lipinski definition) is 4. The molecule has 0 amide bonds. The van der Waals surface area contributed by atoms with E-state index >= 15 is 0 Å². The minimum absolute atomic E-state index is 0.275. The lowest BCUT2D eigenvalue weighted by atomic mass is 10.1. The third-order valence-corrected chi connectivity index (χ3v) is 2.16. The second-order valence-corrected chi connectivity index (χ2v) is 4.05. The van der Waals surface area contributed by atoms with Gasteiger partial charge in [-0.05, 0) is 0 Å². The summed E-state index contributed by atoms with van der Waals surface area (Å²) in [5, 5.41) is 0. The Labute approximate surface area is 107 Å². The Hall–Kier alpha value is -1.26. The molecule has 0 aromatic heterocycles. The lowest BCUT2D eigenvalue weighted by Crippen LogP contribution is -2.43. The molecule has 0 aromatic carbocycles. The first-order valence-electron chi connectivity index (χ1n) is 5.16. The largest absolute Gasteiger partial charge is 0.508 e. The molecular weight excluding hydrogens is 305 g/mol. The van der Waals surface area contributed by atoms with Crippen molar-refractivity contribution in [2.24, 2.45) is 0 Å². The average Bonchev–Trinajstić information content (AvgIpc) is 2.60. The molecule has 118 valence electrons. The first kappa shape index (κ1) is 16.8. The standard InChI is InChI=1S/C9H9F7O4/c10-7(11,3-8(12,13)9(14,15)16)4-18-1-5-2-19-6(17)20-5/h5H,1-4H2. The fourth-order valence-electron chi connectivity index (χ4n) is 1.26. The van der Waals surface area contributed by atoms with Crippen molar-refractivity contribution in [3.05, 3.63) is 0 Å². The maximum Gasteiger partial charge on any atom is 0.508 e. The molecule has 1 unspecified atom stereocenters. The van der Waals surface area contributed by atoms with Gasteiger partial charge in [-0.1, -0.05) is 0 Å². The number of rotatable bonds is 6. The molecule has 20 heavy (non-hydrogen) atoms. The monoisotopic (exact) mass is 314 g/mol. The zero-order valence-corrected chi connectivity index (χ0v) is 9.68. The Balaban J connectivity index is 2.39. The van der Waals surface area contributed by atoms with Crippen LogP contribution in [0.1, 0.15) is 6.42 Å². The molecule has 1 aliphatic rings. The fourth-order valence-corrected chi connectivity index (χ4v) is 1.26. The van der Waals surface area contributed by atoms with E-state index in [1.165, 1.54) is 0 Å². The summed E-state index contributed by atoms with van der Waals surface area (Å²) >= 11 is 0. The third kappa shape index (κ3) is 4.69. The van der Waals surface area contributed by atoms with Crippen LogP contribution in [0.25, 0.3) is 0 Å². The highest BCUT2D eigenvalue weighted by Gasteiger charge is 2.61. The van der Waals surface area contributed by atoms with Crippen molar-refractivity contribution in [3.8, 4) is 0 Å². The van der Waals surface area contributed by atoms with Gasteiger partial charge < -0.3 is 14.2 Å². The van der Waals surface area contributed by atoms with Crippen molar-refractivity contribution in [2.45, 2.75) is 30.5 Å². The fraction of sp³-hybridized carbons (Fsp3) is 0.889. The van der Waals surface area contributed by atoms with Crippen LogP contribution in [0, 0.1) is 0 Å². The van der Waals surface area contributed by atoms with Crippen molar-refractivity contribution in [3.63, 3.8) is 0 Å². The zero-order valence-electron chi connectivity index (χ0n) is 9.68. The summed E-state index contributed by atoms with van der Waals surface area (Å²) in [5.74, 6) is -9.91. The van der Waals surface area contributed by atoms with E-state index in [-0.39, 0.29) is 6.61 Å². The number of carbonyl (C=O) groups is 1. The Morgan fingerprint density at radius 3 is 2.20 bits per heavy atom. The summed E-state index contributed by atoms with van der Waals surface area (Å²) in [4.78, 5) is 10.4. The molecule has 1 aliphatic heterocycles. The molecule has 0 aliphatic carbocycles. The van der Waals surface area contributed by atoms with Gasteiger partial charge in [-0.2, -0.15) is 22.0 Å². The van der Waals surface area contributed by atoms with Crippen LogP contribution in [0.2, 0.25) is 0 Å². The van der Waals surface area contributed by atoms with E-state index < -0.39 is 49.9 Å². The number of cyclic esters (lactones) is 2. The van der Waals surface area contributed by atoms with Gasteiger partial charge in [0.05, 0.1) is 13.0 Å². The minimum Gasteiger partial charge on any atom is -0.430 e. The van der Waals surface area contributed by atoms with Crippen LogP contribution >= 0.6 is 0 Å². The van der Waals surface area contributed by atoms with E-state index in [9.17, 15) is 35.5 Å². The summed E-state index contributed by atoms with van der Waals surface area (Å²) in [6.45, 7) is -2.53. The molecule has 0 saturated carbocycles. The molecule has 0 N–H and O–H groups in total. The molecule has 0 aromatic rings. The van der Waals surface area contributed by atoms with Crippen molar-refractivity contribution < 1.29 is 49.7 Å². The lowest BCUT2D eigenvalue weighted by Gasteiger charge is -2.24. The van der Waals surface area contributed by atoms with Gasteiger partial charge in [0.15, 0.2) is 6.10 Å². The van der Waals surface area contributed by atoms with Crippen molar-refractivity contribution in [1.82, 2.24) is 0 Å². The molecule has 1 heterocycles. The van der Waals surface area contributed by atoms with Crippen LogP contribution in [0.5, 0.6) is 0 Å². The van der Waals surface area contributed by atoms with E-state index in [1.807, 2.05) is 0 Å². The first-order valence-corrected chi connectivity index (χ1v) is 5.16. The molecule has 0 bridgehead atoms. The molecule has 11 heteroatoms. The highest BCUT2D eigenvalue weighted by molar-refractivity contribution is 5.61. The van der Waals surface area contributed by atoms with Gasteiger partial charge in [0.2, 0.25) is 0 Å². The number of ether oxygens (including phenoxy) is 3. The number of halogens is 7. The van der Waals surface area contributed by atoms with E-state index in [0.29, 0.717) is 0 Å². The van der Waals surface area contributed by atoms with Gasteiger partial charge in [0.1, 0.15) is 13.2 Å². The molecular formula is C9H9F7O4. The van der Waals surface area contributed by atoms with Gasteiger partial charge in [0, 0.05) is 0 Å².